The van der Waals surface area contributed by atoms with Gasteiger partial charge in [0.25, 0.3) is 0 Å². The summed E-state index contributed by atoms with van der Waals surface area (Å²) in [5.74, 6) is -0.821. The first-order chi connectivity index (χ1) is 8.16. The molecule has 5 heteroatoms. The third kappa shape index (κ3) is 3.17. The predicted molar refractivity (Wildman–Crippen MR) is 63.6 cm³/mol. The molecular weight excluding hydrogens is 245 g/mol. The largest absolute Gasteiger partial charge is 0.381 e. The zero-order chi connectivity index (χ0) is 12.3. The van der Waals surface area contributed by atoms with Gasteiger partial charge in [-0.1, -0.05) is 11.6 Å². The summed E-state index contributed by atoms with van der Waals surface area (Å²) in [5, 5.41) is 2.71. The number of nitrogens with one attached hydrogen (secondary N) is 1. The Morgan fingerprint density at radius 1 is 1.53 bits per heavy atom. The highest BCUT2D eigenvalue weighted by Gasteiger charge is 2.21. The van der Waals surface area contributed by atoms with E-state index < -0.39 is 5.82 Å². The van der Waals surface area contributed by atoms with Gasteiger partial charge in [0.1, 0.15) is 5.82 Å². The maximum Gasteiger partial charge on any atom is 0.229 e. The molecule has 0 unspecified atom stereocenters. The zero-order valence-electron chi connectivity index (χ0n) is 9.21. The molecule has 3 nitrogen and oxygen atoms in total. The van der Waals surface area contributed by atoms with Gasteiger partial charge in [-0.15, -0.1) is 0 Å². The minimum Gasteiger partial charge on any atom is -0.381 e. The number of carbonyl (C=O) groups excluding carboxylic acids is 1. The second-order valence-electron chi connectivity index (χ2n) is 4.03. The summed E-state index contributed by atoms with van der Waals surface area (Å²) in [6.07, 6.45) is 1.69. The maximum atomic E-state index is 13.2. The lowest BCUT2D eigenvalue weighted by atomic mass is 10.0. The van der Waals surface area contributed by atoms with E-state index in [0.29, 0.717) is 18.9 Å². The molecule has 0 saturated carbocycles. The first kappa shape index (κ1) is 12.3. The third-order valence-corrected chi connectivity index (χ3v) is 3.02. The van der Waals surface area contributed by atoms with Crippen molar-refractivity contribution >= 4 is 23.2 Å². The van der Waals surface area contributed by atoms with Crippen LogP contribution >= 0.6 is 11.6 Å². The van der Waals surface area contributed by atoms with Gasteiger partial charge in [0.05, 0.1) is 17.5 Å². The molecule has 1 fully saturated rings. The summed E-state index contributed by atoms with van der Waals surface area (Å²) >= 11 is 5.56. The van der Waals surface area contributed by atoms with Crippen LogP contribution in [0.1, 0.15) is 12.8 Å². The van der Waals surface area contributed by atoms with Crippen LogP contribution < -0.4 is 5.32 Å². The van der Waals surface area contributed by atoms with E-state index in [2.05, 4.69) is 5.32 Å². The Bertz CT molecular complexity index is 419. The van der Waals surface area contributed by atoms with Crippen LogP contribution in [0.3, 0.4) is 0 Å². The summed E-state index contributed by atoms with van der Waals surface area (Å²) in [6.45, 7) is 1.14. The van der Waals surface area contributed by atoms with E-state index in [1.807, 2.05) is 0 Å². The average Bonchev–Trinajstić information content (AvgIpc) is 2.35. The van der Waals surface area contributed by atoms with Crippen LogP contribution in [-0.4, -0.2) is 19.1 Å². The molecule has 0 aliphatic carbocycles. The quantitative estimate of drug-likeness (QED) is 0.885. The van der Waals surface area contributed by atoms with Crippen LogP contribution in [-0.2, 0) is 9.53 Å². The molecule has 1 N–H and O–H groups in total. The smallest absolute Gasteiger partial charge is 0.229 e. The number of ether oxygens (including phenoxy) is 1. The second-order valence-corrected chi connectivity index (χ2v) is 4.44. The van der Waals surface area contributed by atoms with Crippen molar-refractivity contribution in [1.82, 2.24) is 0 Å². The molecule has 1 aliphatic heterocycles. The summed E-state index contributed by atoms with van der Waals surface area (Å²) < 4.78 is 18.4. The molecule has 0 spiro atoms. The van der Waals surface area contributed by atoms with E-state index in [9.17, 15) is 9.18 Å². The number of hydrogen-bond donors (Lipinski definition) is 1. The van der Waals surface area contributed by atoms with E-state index in [0.717, 1.165) is 12.8 Å². The summed E-state index contributed by atoms with van der Waals surface area (Å²) in [6, 6.07) is 4.21. The summed E-state index contributed by atoms with van der Waals surface area (Å²) in [4.78, 5) is 11.8. The fourth-order valence-electron chi connectivity index (χ4n) is 1.77. The lowest BCUT2D eigenvalue weighted by molar-refractivity contribution is -0.123. The number of halogens is 2. The van der Waals surface area contributed by atoms with Gasteiger partial charge in [-0.3, -0.25) is 4.79 Å². The van der Waals surface area contributed by atoms with Gasteiger partial charge in [0, 0.05) is 12.3 Å². The number of anilines is 1. The van der Waals surface area contributed by atoms with Crippen molar-refractivity contribution in [3.8, 4) is 0 Å². The molecule has 17 heavy (non-hydrogen) atoms. The Hall–Kier alpha value is -1.13. The van der Waals surface area contributed by atoms with Crippen molar-refractivity contribution < 1.29 is 13.9 Å². The Kier molecular flexibility index (Phi) is 3.97. The van der Waals surface area contributed by atoms with Gasteiger partial charge >= 0.3 is 0 Å². The highest BCUT2D eigenvalue weighted by Crippen LogP contribution is 2.20. The van der Waals surface area contributed by atoms with Crippen LogP contribution in [0.15, 0.2) is 18.2 Å². The van der Waals surface area contributed by atoms with E-state index in [1.165, 1.54) is 12.1 Å². The standard InChI is InChI=1S/C12H13ClFNO2/c13-10-4-3-9(6-11(10)14)15-12(16)8-2-1-5-17-7-8/h3-4,6,8H,1-2,5,7H2,(H,15,16)/t8-/m1/s1. The molecule has 1 aromatic carbocycles. The van der Waals surface area contributed by atoms with Gasteiger partial charge in [-0.05, 0) is 31.0 Å². The SMILES string of the molecule is O=C(Nc1ccc(Cl)c(F)c1)[C@@H]1CCCOC1. The van der Waals surface area contributed by atoms with Crippen molar-refractivity contribution in [2.24, 2.45) is 5.92 Å². The number of carbonyl (C=O) groups is 1. The van der Waals surface area contributed by atoms with Gasteiger partial charge in [0.2, 0.25) is 5.91 Å². The van der Waals surface area contributed by atoms with Crippen molar-refractivity contribution in [2.75, 3.05) is 18.5 Å². The van der Waals surface area contributed by atoms with Crippen molar-refractivity contribution in [3.63, 3.8) is 0 Å². The van der Waals surface area contributed by atoms with Gasteiger partial charge in [0.15, 0.2) is 0 Å². The number of benzene rings is 1. The Labute approximate surface area is 104 Å². The molecule has 0 bridgehead atoms. The summed E-state index contributed by atoms with van der Waals surface area (Å²) in [7, 11) is 0. The van der Waals surface area contributed by atoms with Crippen LogP contribution in [0.2, 0.25) is 5.02 Å². The van der Waals surface area contributed by atoms with Crippen molar-refractivity contribution in [3.05, 3.63) is 29.0 Å². The van der Waals surface area contributed by atoms with Gasteiger partial charge in [-0.25, -0.2) is 4.39 Å². The predicted octanol–water partition coefficient (Wildman–Crippen LogP) is 2.84. The number of amides is 1. The van der Waals surface area contributed by atoms with E-state index >= 15 is 0 Å². The van der Waals surface area contributed by atoms with Crippen molar-refractivity contribution in [2.45, 2.75) is 12.8 Å². The molecule has 92 valence electrons. The molecule has 0 aromatic heterocycles. The minimum atomic E-state index is -0.538. The molecule has 1 atom stereocenters. The molecule has 1 heterocycles. The second kappa shape index (κ2) is 5.47. The fourth-order valence-corrected chi connectivity index (χ4v) is 1.88. The Balaban J connectivity index is 1.99. The van der Waals surface area contributed by atoms with E-state index in [-0.39, 0.29) is 16.8 Å². The molecule has 1 amide bonds. The lowest BCUT2D eigenvalue weighted by Crippen LogP contribution is -2.30. The molecule has 1 saturated heterocycles. The molecule has 1 aromatic rings. The Morgan fingerprint density at radius 3 is 3.00 bits per heavy atom. The van der Waals surface area contributed by atoms with Crippen LogP contribution in [0.5, 0.6) is 0 Å². The number of rotatable bonds is 2. The van der Waals surface area contributed by atoms with E-state index in [1.54, 1.807) is 6.07 Å². The summed E-state index contributed by atoms with van der Waals surface area (Å²) in [5.41, 5.74) is 0.419. The molecule has 2 rings (SSSR count). The first-order valence-corrected chi connectivity index (χ1v) is 5.88. The molecule has 1 aliphatic rings. The minimum absolute atomic E-state index is 0.0454. The monoisotopic (exact) mass is 257 g/mol. The highest BCUT2D eigenvalue weighted by molar-refractivity contribution is 6.30. The Morgan fingerprint density at radius 2 is 2.35 bits per heavy atom. The van der Waals surface area contributed by atoms with Crippen LogP contribution in [0, 0.1) is 11.7 Å². The van der Waals surface area contributed by atoms with Gasteiger partial charge in [-0.2, -0.15) is 0 Å². The van der Waals surface area contributed by atoms with Crippen LogP contribution in [0.4, 0.5) is 10.1 Å². The van der Waals surface area contributed by atoms with Crippen molar-refractivity contribution in [1.29, 1.82) is 0 Å². The van der Waals surface area contributed by atoms with Crippen LogP contribution in [0.25, 0.3) is 0 Å². The highest BCUT2D eigenvalue weighted by atomic mass is 35.5. The van der Waals surface area contributed by atoms with Gasteiger partial charge < -0.3 is 10.1 Å². The molecule has 0 radical (unpaired) electrons. The zero-order valence-corrected chi connectivity index (χ0v) is 9.97. The normalized spacial score (nSPS) is 20.0. The fraction of sp³-hybridized carbons (Fsp3) is 0.417. The number of hydrogen-bond acceptors (Lipinski definition) is 2. The molecular formula is C12H13ClFNO2. The van der Waals surface area contributed by atoms with E-state index in [4.69, 9.17) is 16.3 Å². The average molecular weight is 258 g/mol. The third-order valence-electron chi connectivity index (χ3n) is 2.72. The lowest BCUT2D eigenvalue weighted by Gasteiger charge is -2.21. The topological polar surface area (TPSA) is 38.3 Å². The maximum absolute atomic E-state index is 13.2. The first-order valence-electron chi connectivity index (χ1n) is 5.50.